The quantitative estimate of drug-likeness (QED) is 0.788. The lowest BCUT2D eigenvalue weighted by Crippen LogP contribution is -2.32. The Morgan fingerprint density at radius 2 is 2.12 bits per heavy atom. The second kappa shape index (κ2) is 5.85. The average Bonchev–Trinajstić information content (AvgIpc) is 2.23. The molecule has 1 saturated carbocycles. The molecule has 0 aromatic carbocycles. The normalized spacial score (nSPS) is 29.4. The maximum atomic E-state index is 12.4. The van der Waals surface area contributed by atoms with Gasteiger partial charge in [-0.3, -0.25) is 4.21 Å². The largest absolute Gasteiger partial charge is 0.405 e. The predicted molar refractivity (Wildman–Crippen MR) is 59.6 cm³/mol. The summed E-state index contributed by atoms with van der Waals surface area (Å²) >= 11 is 0. The highest BCUT2D eigenvalue weighted by molar-refractivity contribution is 7.85. The highest BCUT2D eigenvalue weighted by Gasteiger charge is 2.42. The summed E-state index contributed by atoms with van der Waals surface area (Å²) in [6.07, 6.45) is -1.17. The summed E-state index contributed by atoms with van der Waals surface area (Å²) in [4.78, 5) is 0. The molecule has 17 heavy (non-hydrogen) atoms. The first-order chi connectivity index (χ1) is 7.84. The molecule has 0 aromatic rings. The smallest absolute Gasteiger partial charge is 0.259 e. The van der Waals surface area contributed by atoms with E-state index in [4.69, 9.17) is 5.26 Å². The first-order valence-corrected chi connectivity index (χ1v) is 7.06. The molecule has 6 heteroatoms. The Morgan fingerprint density at radius 1 is 1.47 bits per heavy atom. The van der Waals surface area contributed by atoms with Gasteiger partial charge in [-0.1, -0.05) is 19.8 Å². The monoisotopic (exact) mass is 267 g/mol. The van der Waals surface area contributed by atoms with Gasteiger partial charge in [-0.2, -0.15) is 18.4 Å². The van der Waals surface area contributed by atoms with Gasteiger partial charge in [0.25, 0.3) is 0 Å². The van der Waals surface area contributed by atoms with Crippen molar-refractivity contribution in [2.24, 2.45) is 11.8 Å². The molecule has 0 N–H and O–H groups in total. The molecule has 0 amide bonds. The molecule has 0 radical (unpaired) electrons. The maximum Gasteiger partial charge on any atom is 0.405 e. The summed E-state index contributed by atoms with van der Waals surface area (Å²) in [5.74, 6) is -2.25. The minimum Gasteiger partial charge on any atom is -0.259 e. The molecule has 0 saturated heterocycles. The lowest BCUT2D eigenvalue weighted by molar-refractivity contribution is -0.153. The third-order valence-corrected chi connectivity index (χ3v) is 4.98. The summed E-state index contributed by atoms with van der Waals surface area (Å²) in [6.45, 7) is 2.02. The number of hydrogen-bond donors (Lipinski definition) is 0. The Hall–Kier alpha value is -0.570. The van der Waals surface area contributed by atoms with Gasteiger partial charge in [-0.25, -0.2) is 0 Å². The Labute approximate surface area is 102 Å². The van der Waals surface area contributed by atoms with Crippen molar-refractivity contribution in [2.45, 2.75) is 44.0 Å². The van der Waals surface area contributed by atoms with Gasteiger partial charge in [0.1, 0.15) is 0 Å². The van der Waals surface area contributed by atoms with Gasteiger partial charge < -0.3 is 0 Å². The van der Waals surface area contributed by atoms with Crippen LogP contribution in [0.4, 0.5) is 13.2 Å². The van der Waals surface area contributed by atoms with Gasteiger partial charge in [-0.15, -0.1) is 0 Å². The van der Waals surface area contributed by atoms with Crippen LogP contribution < -0.4 is 0 Å². The van der Waals surface area contributed by atoms with E-state index in [-0.39, 0.29) is 5.25 Å². The number of nitrogens with zero attached hydrogens (tertiary/aromatic N) is 1. The van der Waals surface area contributed by atoms with E-state index in [0.29, 0.717) is 18.8 Å². The van der Waals surface area contributed by atoms with E-state index in [9.17, 15) is 17.4 Å². The van der Waals surface area contributed by atoms with Crippen LogP contribution in [0, 0.1) is 23.2 Å². The molecular formula is C11H16F3NOS. The molecule has 0 spiro atoms. The summed E-state index contributed by atoms with van der Waals surface area (Å²) in [5, 5.41) is 8.29. The Balaban J connectivity index is 2.56. The number of hydrogen-bond acceptors (Lipinski definition) is 2. The van der Waals surface area contributed by atoms with Gasteiger partial charge in [0.2, 0.25) is 0 Å². The van der Waals surface area contributed by atoms with Crippen molar-refractivity contribution < 1.29 is 17.4 Å². The van der Waals surface area contributed by atoms with Crippen LogP contribution in [0.2, 0.25) is 0 Å². The fraction of sp³-hybridized carbons (Fsp3) is 0.909. The molecule has 2 nitrogen and oxygen atoms in total. The molecule has 0 aromatic heterocycles. The van der Waals surface area contributed by atoms with Gasteiger partial charge >= 0.3 is 6.18 Å². The van der Waals surface area contributed by atoms with Crippen molar-refractivity contribution in [1.29, 1.82) is 5.26 Å². The lowest BCUT2D eigenvalue weighted by Gasteiger charge is -2.26. The van der Waals surface area contributed by atoms with Gasteiger partial charge in [0.05, 0.1) is 6.07 Å². The Morgan fingerprint density at radius 3 is 2.59 bits per heavy atom. The van der Waals surface area contributed by atoms with Crippen molar-refractivity contribution in [1.82, 2.24) is 0 Å². The highest BCUT2D eigenvalue weighted by atomic mass is 32.2. The molecule has 1 rings (SSSR count). The van der Waals surface area contributed by atoms with Crippen molar-refractivity contribution in [3.8, 4) is 6.07 Å². The van der Waals surface area contributed by atoms with Crippen LogP contribution in [0.1, 0.15) is 32.6 Å². The fourth-order valence-corrected chi connectivity index (χ4v) is 3.96. The Kier molecular flexibility index (Phi) is 4.99. The molecule has 0 heterocycles. The number of alkyl halides is 3. The molecule has 1 aliphatic rings. The van der Waals surface area contributed by atoms with Crippen LogP contribution in [0.3, 0.4) is 0 Å². The van der Waals surface area contributed by atoms with Gasteiger partial charge in [0.15, 0.2) is 5.92 Å². The zero-order chi connectivity index (χ0) is 13.1. The second-order valence-corrected chi connectivity index (χ2v) is 6.43. The van der Waals surface area contributed by atoms with Crippen LogP contribution in [-0.2, 0) is 10.8 Å². The molecular weight excluding hydrogens is 251 g/mol. The fourth-order valence-electron chi connectivity index (χ4n) is 2.12. The summed E-state index contributed by atoms with van der Waals surface area (Å²) in [7, 11) is -1.55. The number of halogens is 3. The predicted octanol–water partition coefficient (Wildman–Crippen LogP) is 3.02. The van der Waals surface area contributed by atoms with Crippen LogP contribution in [-0.4, -0.2) is 21.4 Å². The minimum absolute atomic E-state index is 0.169. The second-order valence-electron chi connectivity index (χ2n) is 4.66. The molecule has 4 unspecified atom stereocenters. The number of rotatable bonds is 3. The van der Waals surface area contributed by atoms with E-state index in [0.717, 1.165) is 12.8 Å². The first kappa shape index (κ1) is 14.5. The summed E-state index contributed by atoms with van der Waals surface area (Å²) in [5.41, 5.74) is 0. The average molecular weight is 267 g/mol. The van der Waals surface area contributed by atoms with E-state index in [1.54, 1.807) is 0 Å². The van der Waals surface area contributed by atoms with E-state index < -0.39 is 28.6 Å². The van der Waals surface area contributed by atoms with E-state index >= 15 is 0 Å². The molecule has 1 aliphatic carbocycles. The third-order valence-electron chi connectivity index (χ3n) is 3.14. The third kappa shape index (κ3) is 4.30. The van der Waals surface area contributed by atoms with E-state index in [2.05, 4.69) is 0 Å². The minimum atomic E-state index is -4.56. The Bertz CT molecular complexity index is 324. The topological polar surface area (TPSA) is 40.9 Å². The molecule has 0 aliphatic heterocycles. The zero-order valence-electron chi connectivity index (χ0n) is 9.67. The summed E-state index contributed by atoms with van der Waals surface area (Å²) < 4.78 is 48.9. The van der Waals surface area contributed by atoms with Crippen LogP contribution in [0.25, 0.3) is 0 Å². The maximum absolute atomic E-state index is 12.4. The highest BCUT2D eigenvalue weighted by Crippen LogP contribution is 2.31. The SMILES string of the molecule is CC1CCCC(S(=O)CC(C#N)C(F)(F)F)C1. The van der Waals surface area contributed by atoms with E-state index in [1.807, 2.05) is 6.92 Å². The summed E-state index contributed by atoms with van der Waals surface area (Å²) in [6, 6.07) is 1.21. The van der Waals surface area contributed by atoms with Crippen molar-refractivity contribution in [3.05, 3.63) is 0 Å². The molecule has 1 fully saturated rings. The van der Waals surface area contributed by atoms with Crippen LogP contribution in [0.5, 0.6) is 0 Å². The molecule has 98 valence electrons. The van der Waals surface area contributed by atoms with Crippen LogP contribution >= 0.6 is 0 Å². The van der Waals surface area contributed by atoms with Gasteiger partial charge in [-0.05, 0) is 18.8 Å². The van der Waals surface area contributed by atoms with Crippen molar-refractivity contribution in [2.75, 3.05) is 5.75 Å². The van der Waals surface area contributed by atoms with Crippen molar-refractivity contribution in [3.63, 3.8) is 0 Å². The zero-order valence-corrected chi connectivity index (χ0v) is 10.5. The first-order valence-electron chi connectivity index (χ1n) is 5.68. The van der Waals surface area contributed by atoms with E-state index in [1.165, 1.54) is 6.07 Å². The van der Waals surface area contributed by atoms with Gasteiger partial charge in [0, 0.05) is 21.8 Å². The molecule has 0 bridgehead atoms. The standard InChI is InChI=1S/C11H16F3NOS/c1-8-3-2-4-10(5-8)17(16)7-9(6-15)11(12,13)14/h8-10H,2-5,7H2,1H3. The van der Waals surface area contributed by atoms with Crippen LogP contribution in [0.15, 0.2) is 0 Å². The molecule has 4 atom stereocenters. The lowest BCUT2D eigenvalue weighted by atomic mass is 9.91. The number of nitriles is 1. The van der Waals surface area contributed by atoms with Crippen molar-refractivity contribution >= 4 is 10.8 Å².